The first-order valence-corrected chi connectivity index (χ1v) is 7.84. The predicted molar refractivity (Wildman–Crippen MR) is 89.1 cm³/mol. The molecule has 0 unspecified atom stereocenters. The van der Waals surface area contributed by atoms with Crippen LogP contribution < -0.4 is 10.5 Å². The van der Waals surface area contributed by atoms with Crippen LogP contribution in [0.15, 0.2) is 17.1 Å². The molecular weight excluding hydrogens is 308 g/mol. The van der Waals surface area contributed by atoms with E-state index in [0.29, 0.717) is 24.1 Å². The number of nitrogens with zero attached hydrogens (tertiary/aromatic N) is 5. The van der Waals surface area contributed by atoms with Crippen molar-refractivity contribution in [2.24, 2.45) is 7.05 Å². The van der Waals surface area contributed by atoms with Crippen LogP contribution in [0.4, 0.5) is 5.82 Å². The van der Waals surface area contributed by atoms with Gasteiger partial charge < -0.3 is 0 Å². The third kappa shape index (κ3) is 1.99. The number of carbonyl (C=O) groups excluding carboxylic acids is 1. The number of rotatable bonds is 2. The van der Waals surface area contributed by atoms with Gasteiger partial charge in [-0.2, -0.15) is 5.10 Å². The van der Waals surface area contributed by atoms with Gasteiger partial charge in [-0.25, -0.2) is 9.67 Å². The summed E-state index contributed by atoms with van der Waals surface area (Å²) in [7, 11) is 1.76. The summed E-state index contributed by atoms with van der Waals surface area (Å²) in [5.41, 5.74) is 2.86. The molecule has 0 aliphatic carbocycles. The molecule has 0 atom stereocenters. The fourth-order valence-electron chi connectivity index (χ4n) is 3.44. The highest BCUT2D eigenvalue weighted by Crippen LogP contribution is 2.24. The molecule has 0 saturated carbocycles. The smallest absolute Gasteiger partial charge is 0.273 e. The molecule has 8 heteroatoms. The number of H-pyrrole nitrogens is 1. The summed E-state index contributed by atoms with van der Waals surface area (Å²) >= 11 is 0. The summed E-state index contributed by atoms with van der Waals surface area (Å²) in [5, 5.41) is 7.46. The molecule has 0 bridgehead atoms. The van der Waals surface area contributed by atoms with E-state index in [4.69, 9.17) is 0 Å². The largest absolute Gasteiger partial charge is 0.295 e. The number of aryl methyl sites for hydroxylation is 3. The van der Waals surface area contributed by atoms with Gasteiger partial charge in [0, 0.05) is 25.4 Å². The minimum absolute atomic E-state index is 0.00559. The molecule has 0 saturated heterocycles. The molecule has 0 fully saturated rings. The monoisotopic (exact) mass is 326 g/mol. The van der Waals surface area contributed by atoms with Crippen LogP contribution in [0.25, 0.3) is 11.0 Å². The summed E-state index contributed by atoms with van der Waals surface area (Å²) in [6.07, 6.45) is 1.92. The van der Waals surface area contributed by atoms with Crippen LogP contribution in [0, 0.1) is 13.8 Å². The van der Waals surface area contributed by atoms with E-state index >= 15 is 0 Å². The average molecular weight is 326 g/mol. The van der Waals surface area contributed by atoms with Gasteiger partial charge >= 0.3 is 0 Å². The third-order valence-electron chi connectivity index (χ3n) is 4.71. The van der Waals surface area contributed by atoms with Gasteiger partial charge in [0.15, 0.2) is 5.65 Å². The predicted octanol–water partition coefficient (Wildman–Crippen LogP) is 0.664. The number of aromatic nitrogens is 5. The highest BCUT2D eigenvalue weighted by molar-refractivity contribution is 5.95. The first-order valence-electron chi connectivity index (χ1n) is 7.84. The maximum absolute atomic E-state index is 12.8. The van der Waals surface area contributed by atoms with Crippen LogP contribution in [-0.2, 0) is 24.8 Å². The van der Waals surface area contributed by atoms with Gasteiger partial charge in [-0.05, 0) is 25.0 Å². The fourth-order valence-corrected chi connectivity index (χ4v) is 3.44. The summed E-state index contributed by atoms with van der Waals surface area (Å²) in [5.74, 6) is 0.816. The molecule has 4 rings (SSSR count). The molecular formula is C16H18N6O2. The van der Waals surface area contributed by atoms with Crippen LogP contribution in [0.2, 0.25) is 0 Å². The van der Waals surface area contributed by atoms with E-state index in [1.807, 2.05) is 24.6 Å². The summed E-state index contributed by atoms with van der Waals surface area (Å²) in [6.45, 7) is 5.09. The summed E-state index contributed by atoms with van der Waals surface area (Å²) in [4.78, 5) is 31.2. The minimum Gasteiger partial charge on any atom is -0.295 e. The first-order chi connectivity index (χ1) is 11.5. The highest BCUT2D eigenvalue weighted by atomic mass is 16.2. The number of fused-ring (bicyclic) bond motifs is 2. The van der Waals surface area contributed by atoms with Crippen molar-refractivity contribution in [3.63, 3.8) is 0 Å². The Morgan fingerprint density at radius 1 is 1.33 bits per heavy atom. The second-order valence-corrected chi connectivity index (χ2v) is 6.13. The van der Waals surface area contributed by atoms with Gasteiger partial charge in [0.1, 0.15) is 5.82 Å². The number of hydrogen-bond donors (Lipinski definition) is 1. The van der Waals surface area contributed by atoms with Gasteiger partial charge in [-0.15, -0.1) is 0 Å². The van der Waals surface area contributed by atoms with Crippen molar-refractivity contribution in [2.45, 2.75) is 26.8 Å². The average Bonchev–Trinajstić information content (AvgIpc) is 3.18. The lowest BCUT2D eigenvalue weighted by Crippen LogP contribution is -2.30. The number of aromatic amines is 1. The van der Waals surface area contributed by atoms with E-state index in [0.717, 1.165) is 22.6 Å². The molecule has 1 aliphatic heterocycles. The van der Waals surface area contributed by atoms with Gasteiger partial charge in [0.05, 0.1) is 24.5 Å². The molecule has 0 radical (unpaired) electrons. The van der Waals surface area contributed by atoms with E-state index in [-0.39, 0.29) is 17.9 Å². The number of anilines is 1. The molecule has 1 amide bonds. The van der Waals surface area contributed by atoms with Crippen molar-refractivity contribution in [3.8, 4) is 0 Å². The number of carbonyl (C=O) groups is 1. The molecule has 1 aliphatic rings. The Morgan fingerprint density at radius 2 is 2.12 bits per heavy atom. The lowest BCUT2D eigenvalue weighted by Gasteiger charge is -2.17. The van der Waals surface area contributed by atoms with E-state index in [2.05, 4.69) is 15.2 Å². The molecule has 0 spiro atoms. The minimum atomic E-state index is -0.176. The van der Waals surface area contributed by atoms with Crippen molar-refractivity contribution >= 4 is 22.8 Å². The zero-order valence-electron chi connectivity index (χ0n) is 13.8. The zero-order valence-corrected chi connectivity index (χ0v) is 13.8. The quantitative estimate of drug-likeness (QED) is 0.749. The Morgan fingerprint density at radius 3 is 2.92 bits per heavy atom. The second kappa shape index (κ2) is 5.05. The van der Waals surface area contributed by atoms with Crippen LogP contribution in [-0.4, -0.2) is 37.0 Å². The van der Waals surface area contributed by atoms with Crippen molar-refractivity contribution in [2.75, 3.05) is 11.4 Å². The number of pyridine rings is 1. The Labute approximate surface area is 137 Å². The van der Waals surface area contributed by atoms with Crippen LogP contribution in [0.5, 0.6) is 0 Å². The molecule has 3 aromatic rings. The lowest BCUT2D eigenvalue weighted by atomic mass is 10.0. The van der Waals surface area contributed by atoms with Crippen LogP contribution in [0.3, 0.4) is 0 Å². The van der Waals surface area contributed by atoms with Crippen LogP contribution >= 0.6 is 0 Å². The molecule has 1 N–H and O–H groups in total. The summed E-state index contributed by atoms with van der Waals surface area (Å²) in [6, 6.07) is 1.84. The highest BCUT2D eigenvalue weighted by Gasteiger charge is 2.26. The number of amides is 1. The maximum Gasteiger partial charge on any atom is 0.273 e. The number of hydrogen-bond acceptors (Lipinski definition) is 4. The lowest BCUT2D eigenvalue weighted by molar-refractivity contribution is -0.117. The molecule has 8 nitrogen and oxygen atoms in total. The van der Waals surface area contributed by atoms with Crippen LogP contribution in [0.1, 0.15) is 16.8 Å². The van der Waals surface area contributed by atoms with E-state index < -0.39 is 0 Å². The Hall–Kier alpha value is -2.90. The van der Waals surface area contributed by atoms with E-state index in [1.165, 1.54) is 0 Å². The maximum atomic E-state index is 12.8. The second-order valence-electron chi connectivity index (χ2n) is 6.13. The van der Waals surface area contributed by atoms with E-state index in [1.54, 1.807) is 22.8 Å². The molecule has 24 heavy (non-hydrogen) atoms. The van der Waals surface area contributed by atoms with Crippen molar-refractivity contribution in [1.29, 1.82) is 0 Å². The summed E-state index contributed by atoms with van der Waals surface area (Å²) < 4.78 is 3.43. The van der Waals surface area contributed by atoms with Crippen molar-refractivity contribution in [1.82, 2.24) is 24.5 Å². The Kier molecular flexibility index (Phi) is 3.09. The first kappa shape index (κ1) is 14.7. The third-order valence-corrected chi connectivity index (χ3v) is 4.71. The van der Waals surface area contributed by atoms with Crippen molar-refractivity contribution < 1.29 is 4.79 Å². The van der Waals surface area contributed by atoms with Gasteiger partial charge in [0.2, 0.25) is 5.91 Å². The van der Waals surface area contributed by atoms with Crippen molar-refractivity contribution in [3.05, 3.63) is 39.4 Å². The zero-order chi connectivity index (χ0) is 17.0. The Bertz CT molecular complexity index is 1030. The van der Waals surface area contributed by atoms with Gasteiger partial charge in [-0.3, -0.25) is 24.3 Å². The SMILES string of the molecule is Cc1nc2c(c(C)c1CC(=O)N1CCn3nccc31)c(=O)[nH]n2C. The molecule has 0 aromatic carbocycles. The molecule has 124 valence electrons. The van der Waals surface area contributed by atoms with E-state index in [9.17, 15) is 9.59 Å². The topological polar surface area (TPSA) is 88.8 Å². The molecule has 3 aromatic heterocycles. The number of nitrogens with one attached hydrogen (secondary N) is 1. The molecule has 4 heterocycles. The Balaban J connectivity index is 1.74. The normalized spacial score (nSPS) is 13.7. The standard InChI is InChI=1S/C16H18N6O2/c1-9-11(10(2)18-15-14(9)16(24)19-20(15)3)8-13(23)21-6-7-22-12(21)4-5-17-22/h4-5H,6-8H2,1-3H3,(H,19,24). The van der Waals surface area contributed by atoms with Gasteiger partial charge in [-0.1, -0.05) is 0 Å². The fraction of sp³-hybridized carbons (Fsp3) is 0.375. The van der Waals surface area contributed by atoms with Gasteiger partial charge in [0.25, 0.3) is 5.56 Å².